The zero-order valence-electron chi connectivity index (χ0n) is 16.9. The predicted octanol–water partition coefficient (Wildman–Crippen LogP) is 7.20. The Hall–Kier alpha value is -2.21. The minimum absolute atomic E-state index is 1.37. The molecule has 2 aliphatic carbocycles. The van der Waals surface area contributed by atoms with E-state index in [0.29, 0.717) is 0 Å². The third-order valence-corrected chi connectivity index (χ3v) is 10.6. The van der Waals surface area contributed by atoms with Gasteiger partial charge in [-0.25, -0.2) is 0 Å². The van der Waals surface area contributed by atoms with Crippen LogP contribution in [0.5, 0.6) is 0 Å². The lowest BCUT2D eigenvalue weighted by Crippen LogP contribution is -2.41. The van der Waals surface area contributed by atoms with Crippen molar-refractivity contribution in [3.05, 3.63) is 95.3 Å². The predicted molar refractivity (Wildman–Crippen MR) is 127 cm³/mol. The molecule has 0 aliphatic heterocycles. The van der Waals surface area contributed by atoms with E-state index >= 15 is 0 Å². The van der Waals surface area contributed by atoms with Gasteiger partial charge in [0.2, 0.25) is 0 Å². The summed E-state index contributed by atoms with van der Waals surface area (Å²) in [4.78, 5) is 0. The molecule has 0 bridgehead atoms. The molecule has 0 aromatic heterocycles. The van der Waals surface area contributed by atoms with Crippen LogP contribution < -0.4 is 0 Å². The molecular formula is C24H30OSi2. The first-order valence-corrected chi connectivity index (χ1v) is 15.2. The molecule has 0 radical (unpaired) electrons. The summed E-state index contributed by atoms with van der Waals surface area (Å²) in [5.74, 6) is 0. The molecular weight excluding hydrogens is 360 g/mol. The van der Waals surface area contributed by atoms with Crippen LogP contribution in [0.2, 0.25) is 26.2 Å². The summed E-state index contributed by atoms with van der Waals surface area (Å²) in [6.07, 6.45) is 8.48. The second-order valence-electron chi connectivity index (χ2n) is 7.64. The molecule has 0 atom stereocenters. The highest BCUT2D eigenvalue weighted by Gasteiger charge is 2.27. The molecule has 3 heteroatoms. The van der Waals surface area contributed by atoms with Crippen molar-refractivity contribution < 1.29 is 4.12 Å². The quantitative estimate of drug-likeness (QED) is 0.335. The van der Waals surface area contributed by atoms with Crippen LogP contribution >= 0.6 is 0 Å². The number of hydrogen-bond acceptors (Lipinski definition) is 1. The van der Waals surface area contributed by atoms with Crippen molar-refractivity contribution in [2.45, 2.75) is 26.2 Å². The standard InChI is InChI=1S/C8H18OSi2.2C8H6/c1-7-10(3,4)9-11(5,6)8-2;2*1-2-4-8-6-5-7(8)3-1/h7-8H,1-2H2,3-6H3;2*1-6H. The van der Waals surface area contributed by atoms with Crippen molar-refractivity contribution in [3.63, 3.8) is 0 Å². The van der Waals surface area contributed by atoms with Crippen LogP contribution in [0.15, 0.2) is 73.1 Å². The van der Waals surface area contributed by atoms with Crippen LogP contribution in [0.4, 0.5) is 0 Å². The van der Waals surface area contributed by atoms with Gasteiger partial charge in [-0.1, -0.05) is 84.2 Å². The molecule has 0 amide bonds. The fraction of sp³-hybridized carbons (Fsp3) is 0.167. The molecule has 0 N–H and O–H groups in total. The Bertz CT molecular complexity index is 739. The summed E-state index contributed by atoms with van der Waals surface area (Å²) in [7, 11) is -3.16. The third kappa shape index (κ3) is 6.47. The van der Waals surface area contributed by atoms with E-state index in [1.54, 1.807) is 0 Å². The topological polar surface area (TPSA) is 9.23 Å². The molecule has 0 saturated carbocycles. The fourth-order valence-corrected chi connectivity index (χ4v) is 8.65. The summed E-state index contributed by atoms with van der Waals surface area (Å²) in [5, 5.41) is 0. The summed E-state index contributed by atoms with van der Waals surface area (Å²) < 4.78 is 5.97. The Kier molecular flexibility index (Phi) is 7.14. The van der Waals surface area contributed by atoms with E-state index in [1.165, 1.54) is 22.3 Å². The van der Waals surface area contributed by atoms with Gasteiger partial charge in [-0.3, -0.25) is 0 Å². The lowest BCUT2D eigenvalue weighted by molar-refractivity contribution is 0.571. The lowest BCUT2D eigenvalue weighted by Gasteiger charge is -2.29. The van der Waals surface area contributed by atoms with E-state index in [2.05, 4.69) is 112 Å². The summed E-state index contributed by atoms with van der Waals surface area (Å²) in [5.41, 5.74) is 9.40. The van der Waals surface area contributed by atoms with Gasteiger partial charge in [-0.2, -0.15) is 0 Å². The van der Waals surface area contributed by atoms with Gasteiger partial charge in [0.25, 0.3) is 0 Å². The molecule has 140 valence electrons. The van der Waals surface area contributed by atoms with Crippen LogP contribution in [0.25, 0.3) is 24.3 Å². The maximum absolute atomic E-state index is 5.97. The van der Waals surface area contributed by atoms with Crippen LogP contribution in [0.3, 0.4) is 0 Å². The van der Waals surface area contributed by atoms with E-state index in [-0.39, 0.29) is 0 Å². The Labute approximate surface area is 166 Å². The van der Waals surface area contributed by atoms with Crippen LogP contribution in [-0.2, 0) is 4.12 Å². The second kappa shape index (κ2) is 9.13. The largest absolute Gasteiger partial charge is 0.449 e. The molecule has 4 rings (SSSR count). The van der Waals surface area contributed by atoms with Gasteiger partial charge in [0, 0.05) is 0 Å². The summed E-state index contributed by atoms with van der Waals surface area (Å²) in [6.45, 7) is 16.2. The van der Waals surface area contributed by atoms with Crippen molar-refractivity contribution in [2.75, 3.05) is 0 Å². The first-order chi connectivity index (χ1) is 12.8. The maximum Gasteiger partial charge on any atom is 0.198 e. The maximum atomic E-state index is 5.97. The van der Waals surface area contributed by atoms with Gasteiger partial charge >= 0.3 is 0 Å². The minimum Gasteiger partial charge on any atom is -0.449 e. The SMILES string of the molecule is C1=Cc2ccccc21.C1=Cc2ccccc21.C=C[Si](C)(C)O[Si](C)(C)C=C. The Morgan fingerprint density at radius 2 is 0.852 bits per heavy atom. The highest BCUT2D eigenvalue weighted by molar-refractivity contribution is 6.89. The molecule has 2 aromatic carbocycles. The zero-order valence-corrected chi connectivity index (χ0v) is 18.9. The molecule has 0 unspecified atom stereocenters. The van der Waals surface area contributed by atoms with Crippen molar-refractivity contribution >= 4 is 40.9 Å². The third-order valence-electron chi connectivity index (χ3n) is 4.39. The van der Waals surface area contributed by atoms with Crippen molar-refractivity contribution in [2.24, 2.45) is 0 Å². The van der Waals surface area contributed by atoms with Crippen molar-refractivity contribution in [1.82, 2.24) is 0 Å². The van der Waals surface area contributed by atoms with Gasteiger partial charge in [-0.15, -0.1) is 13.2 Å². The monoisotopic (exact) mass is 390 g/mol. The molecule has 0 spiro atoms. The van der Waals surface area contributed by atoms with Gasteiger partial charge in [0.05, 0.1) is 0 Å². The van der Waals surface area contributed by atoms with Crippen LogP contribution in [0.1, 0.15) is 22.3 Å². The van der Waals surface area contributed by atoms with Gasteiger partial charge in [0.1, 0.15) is 0 Å². The molecule has 2 aliphatic rings. The molecule has 0 fully saturated rings. The van der Waals surface area contributed by atoms with Crippen molar-refractivity contribution in [3.8, 4) is 0 Å². The van der Waals surface area contributed by atoms with Crippen molar-refractivity contribution in [1.29, 1.82) is 0 Å². The zero-order chi connectivity index (χ0) is 19.9. The molecule has 1 nitrogen and oxygen atoms in total. The highest BCUT2D eigenvalue weighted by Crippen LogP contribution is 2.22. The normalized spacial score (nSPS) is 12.6. The van der Waals surface area contributed by atoms with E-state index in [9.17, 15) is 0 Å². The van der Waals surface area contributed by atoms with Gasteiger partial charge < -0.3 is 4.12 Å². The average molecular weight is 391 g/mol. The number of rotatable bonds is 4. The summed E-state index contributed by atoms with van der Waals surface area (Å²) >= 11 is 0. The van der Waals surface area contributed by atoms with E-state index < -0.39 is 16.6 Å². The molecule has 0 heterocycles. The average Bonchev–Trinajstić information content (AvgIpc) is 2.58. The second-order valence-corrected chi connectivity index (χ2v) is 15.7. The highest BCUT2D eigenvalue weighted by atomic mass is 28.4. The lowest BCUT2D eigenvalue weighted by atomic mass is 9.99. The van der Waals surface area contributed by atoms with E-state index in [4.69, 9.17) is 4.12 Å². The number of fused-ring (bicyclic) bond motifs is 2. The first-order valence-electron chi connectivity index (χ1n) is 9.28. The van der Waals surface area contributed by atoms with Crippen LogP contribution in [0, 0.1) is 0 Å². The van der Waals surface area contributed by atoms with E-state index in [0.717, 1.165) is 0 Å². The molecule has 27 heavy (non-hydrogen) atoms. The molecule has 0 saturated heterocycles. The Balaban J connectivity index is 0.000000147. The Morgan fingerprint density at radius 3 is 1.00 bits per heavy atom. The van der Waals surface area contributed by atoms with Gasteiger partial charge in [-0.05, 0) is 48.4 Å². The molecule has 2 aromatic rings. The minimum atomic E-state index is -1.58. The fourth-order valence-electron chi connectivity index (χ4n) is 2.56. The first kappa shape index (κ1) is 21.1. The summed E-state index contributed by atoms with van der Waals surface area (Å²) in [6, 6.07) is 16.7. The van der Waals surface area contributed by atoms with Crippen LogP contribution in [-0.4, -0.2) is 16.6 Å². The number of hydrogen-bond donors (Lipinski definition) is 0. The number of benzene rings is 2. The smallest absolute Gasteiger partial charge is 0.198 e. The Morgan fingerprint density at radius 1 is 0.593 bits per heavy atom. The van der Waals surface area contributed by atoms with Gasteiger partial charge in [0.15, 0.2) is 16.6 Å². The van der Waals surface area contributed by atoms with E-state index in [1.807, 2.05) is 11.4 Å².